The third-order valence-corrected chi connectivity index (χ3v) is 6.21. The molecule has 0 amide bonds. The number of rotatable bonds is 4. The van der Waals surface area contributed by atoms with Gasteiger partial charge in [0, 0.05) is 16.0 Å². The summed E-state index contributed by atoms with van der Waals surface area (Å²) < 4.78 is 0. The predicted octanol–water partition coefficient (Wildman–Crippen LogP) is 2.95. The maximum atomic E-state index is 9.59. The minimum atomic E-state index is 0.0184. The molecule has 0 aromatic heterocycles. The van der Waals surface area contributed by atoms with E-state index in [-0.39, 0.29) is 5.54 Å². The lowest BCUT2D eigenvalue weighted by Crippen LogP contribution is -2.50. The molecule has 2 aliphatic rings. The zero-order chi connectivity index (χ0) is 12.1. The van der Waals surface area contributed by atoms with Crippen LogP contribution >= 0.6 is 11.8 Å². The van der Waals surface area contributed by atoms with Gasteiger partial charge in [-0.25, -0.2) is 0 Å². The Balaban J connectivity index is 1.84. The second kappa shape index (κ2) is 6.44. The van der Waals surface area contributed by atoms with Crippen LogP contribution in [0.2, 0.25) is 0 Å². The Morgan fingerprint density at radius 3 is 2.47 bits per heavy atom. The maximum absolute atomic E-state index is 9.59. The fourth-order valence-corrected chi connectivity index (χ4v) is 5.22. The van der Waals surface area contributed by atoms with Crippen LogP contribution in [-0.2, 0) is 0 Å². The van der Waals surface area contributed by atoms with Crippen molar-refractivity contribution in [2.75, 3.05) is 13.7 Å². The molecule has 2 saturated carbocycles. The second-order valence-electron chi connectivity index (χ2n) is 5.80. The summed E-state index contributed by atoms with van der Waals surface area (Å²) in [5.74, 6) is 0. The van der Waals surface area contributed by atoms with Crippen LogP contribution in [-0.4, -0.2) is 34.8 Å². The highest BCUT2D eigenvalue weighted by atomic mass is 32.2. The fraction of sp³-hybridized carbons (Fsp3) is 1.00. The van der Waals surface area contributed by atoms with Crippen molar-refractivity contribution in [1.82, 2.24) is 5.32 Å². The van der Waals surface area contributed by atoms with Crippen molar-refractivity contribution < 1.29 is 5.11 Å². The van der Waals surface area contributed by atoms with Gasteiger partial charge < -0.3 is 10.4 Å². The van der Waals surface area contributed by atoms with Gasteiger partial charge in [-0.2, -0.15) is 11.8 Å². The van der Waals surface area contributed by atoms with Crippen LogP contribution in [0.5, 0.6) is 0 Å². The maximum Gasteiger partial charge on any atom is 0.0613 e. The lowest BCUT2D eigenvalue weighted by molar-refractivity contribution is 0.131. The number of hydrogen-bond donors (Lipinski definition) is 2. The molecule has 2 fully saturated rings. The highest BCUT2D eigenvalue weighted by Crippen LogP contribution is 2.40. The van der Waals surface area contributed by atoms with Gasteiger partial charge in [0.25, 0.3) is 0 Å². The van der Waals surface area contributed by atoms with Gasteiger partial charge in [-0.15, -0.1) is 0 Å². The Labute approximate surface area is 110 Å². The summed E-state index contributed by atoms with van der Waals surface area (Å²) in [6, 6.07) is 0. The van der Waals surface area contributed by atoms with Gasteiger partial charge in [-0.3, -0.25) is 0 Å². The third kappa shape index (κ3) is 3.62. The number of nitrogens with one attached hydrogen (secondary N) is 1. The summed E-state index contributed by atoms with van der Waals surface area (Å²) in [5, 5.41) is 14.6. The summed E-state index contributed by atoms with van der Waals surface area (Å²) in [4.78, 5) is 0. The Hall–Kier alpha value is 0.270. The Morgan fingerprint density at radius 2 is 1.82 bits per heavy atom. The quantitative estimate of drug-likeness (QED) is 0.812. The molecule has 0 saturated heterocycles. The normalized spacial score (nSPS) is 36.0. The highest BCUT2D eigenvalue weighted by molar-refractivity contribution is 8.00. The van der Waals surface area contributed by atoms with Crippen LogP contribution in [0.1, 0.15) is 57.8 Å². The van der Waals surface area contributed by atoms with Gasteiger partial charge >= 0.3 is 0 Å². The molecule has 17 heavy (non-hydrogen) atoms. The molecule has 0 bridgehead atoms. The molecule has 0 aliphatic heterocycles. The standard InChI is InChI=1S/C14H27NOS/c1-15-14(11-16)9-5-8-13(10-14)17-12-6-3-2-4-7-12/h12-13,15-16H,2-11H2,1H3. The first-order valence-corrected chi connectivity index (χ1v) is 8.17. The molecule has 2 N–H and O–H groups in total. The number of aliphatic hydroxyl groups excluding tert-OH is 1. The van der Waals surface area contributed by atoms with Crippen molar-refractivity contribution in [3.8, 4) is 0 Å². The molecule has 2 rings (SSSR count). The summed E-state index contributed by atoms with van der Waals surface area (Å²) in [5.41, 5.74) is 0.0184. The van der Waals surface area contributed by atoms with Crippen LogP contribution in [0.4, 0.5) is 0 Å². The molecule has 0 heterocycles. The lowest BCUT2D eigenvalue weighted by atomic mass is 9.82. The predicted molar refractivity (Wildman–Crippen MR) is 75.6 cm³/mol. The molecule has 2 unspecified atom stereocenters. The van der Waals surface area contributed by atoms with Crippen molar-refractivity contribution in [2.24, 2.45) is 0 Å². The third-order valence-electron chi connectivity index (χ3n) is 4.57. The SMILES string of the molecule is CNC1(CO)CCCC(SC2CCCCC2)C1. The first kappa shape index (κ1) is 13.7. The lowest BCUT2D eigenvalue weighted by Gasteiger charge is -2.40. The second-order valence-corrected chi connectivity index (χ2v) is 7.41. The minimum absolute atomic E-state index is 0.0184. The van der Waals surface area contributed by atoms with E-state index in [2.05, 4.69) is 17.1 Å². The van der Waals surface area contributed by atoms with Crippen molar-refractivity contribution in [1.29, 1.82) is 0 Å². The molecular formula is C14H27NOS. The highest BCUT2D eigenvalue weighted by Gasteiger charge is 2.35. The molecule has 0 spiro atoms. The van der Waals surface area contributed by atoms with E-state index in [4.69, 9.17) is 0 Å². The molecule has 100 valence electrons. The first-order chi connectivity index (χ1) is 8.28. The number of aliphatic hydroxyl groups is 1. The minimum Gasteiger partial charge on any atom is -0.394 e. The Morgan fingerprint density at radius 1 is 1.12 bits per heavy atom. The van der Waals surface area contributed by atoms with Gasteiger partial charge in [0.1, 0.15) is 0 Å². The van der Waals surface area contributed by atoms with E-state index in [1.54, 1.807) is 0 Å². The van der Waals surface area contributed by atoms with Gasteiger partial charge in [0.05, 0.1) is 6.61 Å². The van der Waals surface area contributed by atoms with Gasteiger partial charge in [0.2, 0.25) is 0 Å². The summed E-state index contributed by atoms with van der Waals surface area (Å²) in [6.45, 7) is 0.297. The average Bonchev–Trinajstić information content (AvgIpc) is 2.40. The summed E-state index contributed by atoms with van der Waals surface area (Å²) in [6.07, 6.45) is 12.1. The molecular weight excluding hydrogens is 230 g/mol. The fourth-order valence-electron chi connectivity index (χ4n) is 3.35. The molecule has 3 heteroatoms. The Bertz CT molecular complexity index is 224. The molecule has 2 atom stereocenters. The topological polar surface area (TPSA) is 32.3 Å². The van der Waals surface area contributed by atoms with E-state index in [0.29, 0.717) is 6.61 Å². The number of likely N-dealkylation sites (N-methyl/N-ethyl adjacent to an activating group) is 1. The largest absolute Gasteiger partial charge is 0.394 e. The number of hydrogen-bond acceptors (Lipinski definition) is 3. The van der Waals surface area contributed by atoms with Gasteiger partial charge in [-0.05, 0) is 39.2 Å². The first-order valence-electron chi connectivity index (χ1n) is 7.23. The van der Waals surface area contributed by atoms with E-state index >= 15 is 0 Å². The van der Waals surface area contributed by atoms with Crippen molar-refractivity contribution in [2.45, 2.75) is 73.8 Å². The summed E-state index contributed by atoms with van der Waals surface area (Å²) >= 11 is 2.22. The summed E-state index contributed by atoms with van der Waals surface area (Å²) in [7, 11) is 2.00. The van der Waals surface area contributed by atoms with E-state index in [1.807, 2.05) is 7.05 Å². The van der Waals surface area contributed by atoms with Crippen LogP contribution < -0.4 is 5.32 Å². The zero-order valence-corrected chi connectivity index (χ0v) is 11.9. The van der Waals surface area contributed by atoms with Crippen LogP contribution in [0.3, 0.4) is 0 Å². The zero-order valence-electron chi connectivity index (χ0n) is 11.1. The smallest absolute Gasteiger partial charge is 0.0613 e. The van der Waals surface area contributed by atoms with Gasteiger partial charge in [-0.1, -0.05) is 25.7 Å². The van der Waals surface area contributed by atoms with Crippen molar-refractivity contribution in [3.05, 3.63) is 0 Å². The molecule has 0 aromatic carbocycles. The molecule has 0 aromatic rings. The molecule has 0 radical (unpaired) electrons. The van der Waals surface area contributed by atoms with E-state index in [9.17, 15) is 5.11 Å². The molecule has 2 nitrogen and oxygen atoms in total. The van der Waals surface area contributed by atoms with E-state index in [1.165, 1.54) is 44.9 Å². The van der Waals surface area contributed by atoms with Crippen LogP contribution in [0, 0.1) is 0 Å². The monoisotopic (exact) mass is 257 g/mol. The Kier molecular flexibility index (Phi) is 5.19. The molecule has 2 aliphatic carbocycles. The van der Waals surface area contributed by atoms with E-state index < -0.39 is 0 Å². The van der Waals surface area contributed by atoms with Crippen LogP contribution in [0.15, 0.2) is 0 Å². The van der Waals surface area contributed by atoms with Crippen molar-refractivity contribution in [3.63, 3.8) is 0 Å². The van der Waals surface area contributed by atoms with Crippen LogP contribution in [0.25, 0.3) is 0 Å². The van der Waals surface area contributed by atoms with E-state index in [0.717, 1.165) is 23.3 Å². The average molecular weight is 257 g/mol. The van der Waals surface area contributed by atoms with Crippen molar-refractivity contribution >= 4 is 11.8 Å². The van der Waals surface area contributed by atoms with Gasteiger partial charge in [0.15, 0.2) is 0 Å². The number of thioether (sulfide) groups is 1.